The molecule has 0 spiro atoms. The van der Waals surface area contributed by atoms with Gasteiger partial charge in [0.15, 0.2) is 5.96 Å². The summed E-state index contributed by atoms with van der Waals surface area (Å²) in [6.07, 6.45) is 0. The first-order valence-corrected chi connectivity index (χ1v) is 3.95. The monoisotopic (exact) mass is 183 g/mol. The fourth-order valence-corrected chi connectivity index (χ4v) is 0.602. The second kappa shape index (κ2) is 4.11. The van der Waals surface area contributed by atoms with E-state index in [4.69, 9.17) is 16.0 Å². The molecule has 7 nitrogen and oxygen atoms in total. The Morgan fingerprint density at radius 1 is 1.55 bits per heavy atom. The Hall–Kier alpha value is -0.860. The standard InChI is InChI=1S/C3H9N3O4S/c4-3(5)6-1-2-10-11(7,8)9/h1-2H2,(H4,4,5,6)(H,7,8,9). The maximum Gasteiger partial charge on any atom is 0.397 e. The topological polar surface area (TPSA) is 128 Å². The van der Waals surface area contributed by atoms with Crippen LogP contribution in [0.15, 0.2) is 4.99 Å². The number of nitrogens with two attached hydrogens (primary N) is 2. The van der Waals surface area contributed by atoms with Crippen molar-refractivity contribution in [1.29, 1.82) is 0 Å². The molecule has 0 aliphatic carbocycles. The third-order valence-corrected chi connectivity index (χ3v) is 1.08. The lowest BCUT2D eigenvalue weighted by molar-refractivity contribution is 0.276. The molecule has 0 aliphatic heterocycles. The third-order valence-electron chi connectivity index (χ3n) is 0.618. The van der Waals surface area contributed by atoms with Gasteiger partial charge in [-0.1, -0.05) is 0 Å². The molecule has 0 aliphatic rings. The smallest absolute Gasteiger partial charge is 0.370 e. The fourth-order valence-electron chi connectivity index (χ4n) is 0.317. The molecule has 0 fully saturated rings. The van der Waals surface area contributed by atoms with E-state index in [0.29, 0.717) is 0 Å². The molecule has 0 radical (unpaired) electrons. The van der Waals surface area contributed by atoms with E-state index in [-0.39, 0.29) is 19.1 Å². The summed E-state index contributed by atoms with van der Waals surface area (Å²) in [4.78, 5) is 3.40. The molecule has 5 N–H and O–H groups in total. The van der Waals surface area contributed by atoms with Gasteiger partial charge in [-0.15, -0.1) is 0 Å². The van der Waals surface area contributed by atoms with E-state index in [1.54, 1.807) is 0 Å². The zero-order chi connectivity index (χ0) is 8.91. The van der Waals surface area contributed by atoms with E-state index in [2.05, 4.69) is 9.18 Å². The van der Waals surface area contributed by atoms with Gasteiger partial charge in [-0.25, -0.2) is 4.18 Å². The highest BCUT2D eigenvalue weighted by Gasteiger charge is 2.01. The Balaban J connectivity index is 3.53. The molecule has 0 rings (SSSR count). The minimum Gasteiger partial charge on any atom is -0.370 e. The van der Waals surface area contributed by atoms with Crippen LogP contribution in [0.25, 0.3) is 0 Å². The molecule has 0 unspecified atom stereocenters. The third kappa shape index (κ3) is 9.14. The van der Waals surface area contributed by atoms with Crippen molar-refractivity contribution in [2.45, 2.75) is 0 Å². The van der Waals surface area contributed by atoms with Crippen LogP contribution in [0.2, 0.25) is 0 Å². The first-order chi connectivity index (χ1) is 4.92. The normalized spacial score (nSPS) is 11.0. The Morgan fingerprint density at radius 3 is 2.45 bits per heavy atom. The van der Waals surface area contributed by atoms with Crippen LogP contribution in [-0.2, 0) is 14.6 Å². The summed E-state index contributed by atoms with van der Waals surface area (Å²) in [5, 5.41) is 0. The van der Waals surface area contributed by atoms with Crippen LogP contribution in [0.5, 0.6) is 0 Å². The highest BCUT2D eigenvalue weighted by Crippen LogP contribution is 1.84. The average Bonchev–Trinajstić information content (AvgIpc) is 1.78. The fraction of sp³-hybridized carbons (Fsp3) is 0.667. The minimum atomic E-state index is -4.37. The molecule has 8 heteroatoms. The summed E-state index contributed by atoms with van der Waals surface area (Å²) >= 11 is 0. The molecule has 0 aromatic heterocycles. The van der Waals surface area contributed by atoms with Gasteiger partial charge in [-0.3, -0.25) is 9.55 Å². The first-order valence-electron chi connectivity index (χ1n) is 2.59. The van der Waals surface area contributed by atoms with Crippen molar-refractivity contribution in [1.82, 2.24) is 0 Å². The van der Waals surface area contributed by atoms with Crippen molar-refractivity contribution in [3.05, 3.63) is 0 Å². The number of hydrogen-bond donors (Lipinski definition) is 3. The summed E-state index contributed by atoms with van der Waals surface area (Å²) in [5.74, 6) is -0.163. The van der Waals surface area contributed by atoms with E-state index < -0.39 is 10.4 Å². The van der Waals surface area contributed by atoms with Crippen molar-refractivity contribution >= 4 is 16.4 Å². The average molecular weight is 183 g/mol. The van der Waals surface area contributed by atoms with Crippen LogP contribution in [-0.4, -0.2) is 32.1 Å². The van der Waals surface area contributed by atoms with Gasteiger partial charge in [0.25, 0.3) is 0 Å². The van der Waals surface area contributed by atoms with Crippen molar-refractivity contribution in [2.24, 2.45) is 16.5 Å². The van der Waals surface area contributed by atoms with Gasteiger partial charge in [0.05, 0.1) is 13.2 Å². The molecule has 0 aromatic carbocycles. The van der Waals surface area contributed by atoms with Crippen molar-refractivity contribution in [3.63, 3.8) is 0 Å². The van der Waals surface area contributed by atoms with Crippen molar-refractivity contribution in [3.8, 4) is 0 Å². The SMILES string of the molecule is NC(N)=NCCOS(=O)(=O)O. The predicted molar refractivity (Wildman–Crippen MR) is 38.2 cm³/mol. The van der Waals surface area contributed by atoms with Gasteiger partial charge in [0, 0.05) is 0 Å². The van der Waals surface area contributed by atoms with E-state index in [9.17, 15) is 8.42 Å². The van der Waals surface area contributed by atoms with Crippen LogP contribution < -0.4 is 11.5 Å². The van der Waals surface area contributed by atoms with Crippen LogP contribution >= 0.6 is 0 Å². The van der Waals surface area contributed by atoms with Crippen LogP contribution in [0.3, 0.4) is 0 Å². The van der Waals surface area contributed by atoms with Gasteiger partial charge in [-0.2, -0.15) is 8.42 Å². The summed E-state index contributed by atoms with van der Waals surface area (Å²) in [7, 11) is -4.37. The molecule has 0 atom stereocenters. The maximum absolute atomic E-state index is 9.90. The van der Waals surface area contributed by atoms with Gasteiger partial charge in [0.2, 0.25) is 0 Å². The Labute approximate surface area is 64.0 Å². The van der Waals surface area contributed by atoms with Gasteiger partial charge < -0.3 is 11.5 Å². The van der Waals surface area contributed by atoms with E-state index >= 15 is 0 Å². The number of hydrogen-bond acceptors (Lipinski definition) is 4. The molecule has 66 valence electrons. The number of rotatable bonds is 4. The van der Waals surface area contributed by atoms with E-state index in [1.165, 1.54) is 0 Å². The summed E-state index contributed by atoms with van der Waals surface area (Å²) < 4.78 is 31.7. The van der Waals surface area contributed by atoms with Crippen molar-refractivity contribution in [2.75, 3.05) is 13.2 Å². The van der Waals surface area contributed by atoms with E-state index in [0.717, 1.165) is 0 Å². The van der Waals surface area contributed by atoms with E-state index in [1.807, 2.05) is 0 Å². The molecule has 0 bridgehead atoms. The van der Waals surface area contributed by atoms with Crippen molar-refractivity contribution < 1.29 is 17.2 Å². The Morgan fingerprint density at radius 2 is 2.09 bits per heavy atom. The summed E-state index contributed by atoms with van der Waals surface area (Å²) in [5.41, 5.74) is 9.81. The highest BCUT2D eigenvalue weighted by atomic mass is 32.3. The molecule has 11 heavy (non-hydrogen) atoms. The lowest BCUT2D eigenvalue weighted by atomic mass is 10.7. The summed E-state index contributed by atoms with van der Waals surface area (Å²) in [6.45, 7) is -0.293. The largest absolute Gasteiger partial charge is 0.397 e. The quantitative estimate of drug-likeness (QED) is 0.202. The molecule has 0 saturated carbocycles. The highest BCUT2D eigenvalue weighted by molar-refractivity contribution is 7.80. The second-order valence-electron chi connectivity index (χ2n) is 1.56. The lowest BCUT2D eigenvalue weighted by Crippen LogP contribution is -2.23. The molecular weight excluding hydrogens is 174 g/mol. The Kier molecular flexibility index (Phi) is 3.79. The predicted octanol–water partition coefficient (Wildman–Crippen LogP) is -1.92. The summed E-state index contributed by atoms with van der Waals surface area (Å²) in [6, 6.07) is 0. The number of guanidine groups is 1. The van der Waals surface area contributed by atoms with Crippen LogP contribution in [0, 0.1) is 0 Å². The first kappa shape index (κ1) is 10.1. The van der Waals surface area contributed by atoms with Gasteiger partial charge in [0.1, 0.15) is 0 Å². The van der Waals surface area contributed by atoms with Crippen LogP contribution in [0.4, 0.5) is 0 Å². The van der Waals surface area contributed by atoms with Gasteiger partial charge in [-0.05, 0) is 0 Å². The number of aliphatic imine (C=N–C) groups is 1. The second-order valence-corrected chi connectivity index (χ2v) is 2.65. The molecule has 0 aromatic rings. The molecular formula is C3H9N3O4S. The molecule has 0 amide bonds. The number of nitrogens with zero attached hydrogens (tertiary/aromatic N) is 1. The molecule has 0 heterocycles. The Bertz CT molecular complexity index is 229. The maximum atomic E-state index is 9.90. The molecule has 0 saturated heterocycles. The lowest BCUT2D eigenvalue weighted by Gasteiger charge is -1.95. The van der Waals surface area contributed by atoms with Gasteiger partial charge >= 0.3 is 10.4 Å². The minimum absolute atomic E-state index is 0.0118. The zero-order valence-corrected chi connectivity index (χ0v) is 6.41. The zero-order valence-electron chi connectivity index (χ0n) is 5.60. The van der Waals surface area contributed by atoms with Crippen LogP contribution in [0.1, 0.15) is 0 Å².